The molecule has 5 rings (SSSR count). The van der Waals surface area contributed by atoms with Crippen LogP contribution in [0.5, 0.6) is 0 Å². The van der Waals surface area contributed by atoms with E-state index in [2.05, 4.69) is 60.7 Å². The molecule has 0 amide bonds. The zero-order valence-corrected chi connectivity index (χ0v) is 16.7. The monoisotopic (exact) mass is 380 g/mol. The van der Waals surface area contributed by atoms with Crippen LogP contribution in [0.15, 0.2) is 60.7 Å². The number of epoxide rings is 2. The molecule has 3 aliphatic rings. The van der Waals surface area contributed by atoms with Gasteiger partial charge in [-0.1, -0.05) is 60.7 Å². The van der Waals surface area contributed by atoms with Crippen LogP contribution in [0.4, 0.5) is 0 Å². The quantitative estimate of drug-likeness (QED) is 0.520. The Morgan fingerprint density at radius 1 is 0.607 bits per heavy atom. The first-order valence-electron chi connectivity index (χ1n) is 10.7. The minimum atomic E-state index is 0.476. The van der Waals surface area contributed by atoms with Crippen molar-refractivity contribution in [2.75, 3.05) is 52.5 Å². The predicted molar refractivity (Wildman–Crippen MR) is 109 cm³/mol. The molecular formula is C24H32N2O2+2. The van der Waals surface area contributed by atoms with Gasteiger partial charge in [0.2, 0.25) is 0 Å². The van der Waals surface area contributed by atoms with E-state index in [4.69, 9.17) is 9.47 Å². The van der Waals surface area contributed by atoms with Gasteiger partial charge in [-0.15, -0.1) is 0 Å². The van der Waals surface area contributed by atoms with Gasteiger partial charge in [0.25, 0.3) is 0 Å². The second-order valence-electron chi connectivity index (χ2n) is 9.14. The van der Waals surface area contributed by atoms with E-state index in [9.17, 15) is 0 Å². The summed E-state index contributed by atoms with van der Waals surface area (Å²) in [5.41, 5.74) is 2.91. The molecule has 0 N–H and O–H groups in total. The summed E-state index contributed by atoms with van der Waals surface area (Å²) in [6, 6.07) is 22.1. The standard InChI is InChI=1S/C24H32N2O2/c1-3-7-21(8-4-1)15-25(17-23-19-27-23)11-13-26(14-12-25,18-24-20-28-24)16-22-9-5-2-6-10-22/h1-10,23-24H,11-20H2/q+2/t23-,24-,25?,26?/m0/s1. The lowest BCUT2D eigenvalue weighted by atomic mass is 10.1. The van der Waals surface area contributed by atoms with E-state index < -0.39 is 0 Å². The van der Waals surface area contributed by atoms with Crippen LogP contribution in [0.3, 0.4) is 0 Å². The minimum absolute atomic E-state index is 0.476. The topological polar surface area (TPSA) is 25.1 Å². The van der Waals surface area contributed by atoms with E-state index in [1.54, 1.807) is 0 Å². The van der Waals surface area contributed by atoms with Crippen molar-refractivity contribution in [1.29, 1.82) is 0 Å². The van der Waals surface area contributed by atoms with Gasteiger partial charge in [-0.05, 0) is 0 Å². The van der Waals surface area contributed by atoms with Crippen LogP contribution in [-0.2, 0) is 22.6 Å². The smallest absolute Gasteiger partial charge is 0.130 e. The van der Waals surface area contributed by atoms with Gasteiger partial charge in [-0.3, -0.25) is 0 Å². The van der Waals surface area contributed by atoms with Crippen molar-refractivity contribution < 1.29 is 18.4 Å². The maximum absolute atomic E-state index is 5.66. The third-order valence-corrected chi connectivity index (χ3v) is 6.81. The van der Waals surface area contributed by atoms with Crippen LogP contribution in [0.1, 0.15) is 11.1 Å². The molecule has 0 aliphatic carbocycles. The van der Waals surface area contributed by atoms with Crippen molar-refractivity contribution in [2.24, 2.45) is 0 Å². The lowest BCUT2D eigenvalue weighted by Gasteiger charge is -2.50. The van der Waals surface area contributed by atoms with Gasteiger partial charge < -0.3 is 18.4 Å². The maximum atomic E-state index is 5.66. The first kappa shape index (κ1) is 18.3. The summed E-state index contributed by atoms with van der Waals surface area (Å²) < 4.78 is 13.7. The van der Waals surface area contributed by atoms with Crippen LogP contribution in [0.25, 0.3) is 0 Å². The van der Waals surface area contributed by atoms with E-state index >= 15 is 0 Å². The van der Waals surface area contributed by atoms with Gasteiger partial charge in [0, 0.05) is 11.1 Å². The number of hydrogen-bond donors (Lipinski definition) is 0. The van der Waals surface area contributed by atoms with Crippen molar-refractivity contribution in [3.63, 3.8) is 0 Å². The van der Waals surface area contributed by atoms with Crippen molar-refractivity contribution in [1.82, 2.24) is 0 Å². The minimum Gasteiger partial charge on any atom is -0.367 e. The number of piperazine rings is 1. The van der Waals surface area contributed by atoms with Crippen molar-refractivity contribution in [3.8, 4) is 0 Å². The molecule has 148 valence electrons. The summed E-state index contributed by atoms with van der Waals surface area (Å²) >= 11 is 0. The van der Waals surface area contributed by atoms with Crippen LogP contribution >= 0.6 is 0 Å². The second kappa shape index (κ2) is 7.60. The molecule has 28 heavy (non-hydrogen) atoms. The fourth-order valence-electron chi connectivity index (χ4n) is 5.03. The number of hydrogen-bond acceptors (Lipinski definition) is 2. The molecule has 3 fully saturated rings. The molecule has 2 aromatic rings. The highest BCUT2D eigenvalue weighted by atomic mass is 16.6. The van der Waals surface area contributed by atoms with Gasteiger partial charge in [0.15, 0.2) is 0 Å². The number of rotatable bonds is 8. The first-order chi connectivity index (χ1) is 13.7. The van der Waals surface area contributed by atoms with E-state index in [1.165, 1.54) is 59.4 Å². The van der Waals surface area contributed by atoms with Gasteiger partial charge in [0.1, 0.15) is 64.6 Å². The maximum Gasteiger partial charge on any atom is 0.130 e. The molecule has 0 saturated carbocycles. The summed E-state index contributed by atoms with van der Waals surface area (Å²) in [5, 5.41) is 0. The number of quaternary nitrogens is 2. The highest BCUT2D eigenvalue weighted by molar-refractivity contribution is 5.14. The summed E-state index contributed by atoms with van der Waals surface area (Å²) in [6.07, 6.45) is 0.953. The zero-order chi connectivity index (χ0) is 18.9. The molecular weight excluding hydrogens is 348 g/mol. The molecule has 2 aromatic carbocycles. The van der Waals surface area contributed by atoms with Gasteiger partial charge >= 0.3 is 0 Å². The second-order valence-corrected chi connectivity index (χ2v) is 9.14. The molecule has 3 heterocycles. The third-order valence-electron chi connectivity index (χ3n) is 6.81. The van der Waals surface area contributed by atoms with E-state index in [0.29, 0.717) is 12.2 Å². The Morgan fingerprint density at radius 3 is 1.29 bits per heavy atom. The normalized spacial score (nSPS) is 34.1. The average molecular weight is 381 g/mol. The van der Waals surface area contributed by atoms with Crippen LogP contribution in [0.2, 0.25) is 0 Å². The van der Waals surface area contributed by atoms with E-state index in [-0.39, 0.29) is 0 Å². The van der Waals surface area contributed by atoms with E-state index in [1.807, 2.05) is 0 Å². The molecule has 3 aliphatic heterocycles. The largest absolute Gasteiger partial charge is 0.367 e. The fraction of sp³-hybridized carbons (Fsp3) is 0.500. The lowest BCUT2D eigenvalue weighted by molar-refractivity contribution is -1.04. The summed E-state index contributed by atoms with van der Waals surface area (Å²) in [6.45, 7) is 11.4. The summed E-state index contributed by atoms with van der Waals surface area (Å²) in [4.78, 5) is 0. The molecule has 3 saturated heterocycles. The highest BCUT2D eigenvalue weighted by Crippen LogP contribution is 2.30. The fourth-order valence-corrected chi connectivity index (χ4v) is 5.03. The SMILES string of the molecule is c1ccc(C[N+]2(C[C@H]3CO3)CC[N+](Cc3ccccc3)(C[C@H]3CO3)CC2)cc1. The Hall–Kier alpha value is -1.72. The van der Waals surface area contributed by atoms with Gasteiger partial charge in [-0.25, -0.2) is 0 Å². The molecule has 0 aromatic heterocycles. The number of benzene rings is 2. The predicted octanol–water partition coefficient (Wildman–Crippen LogP) is 2.83. The Balaban J connectivity index is 1.33. The van der Waals surface area contributed by atoms with Crippen LogP contribution in [-0.4, -0.2) is 73.7 Å². The van der Waals surface area contributed by atoms with Crippen LogP contribution in [0, 0.1) is 0 Å². The zero-order valence-electron chi connectivity index (χ0n) is 16.7. The van der Waals surface area contributed by atoms with Crippen molar-refractivity contribution >= 4 is 0 Å². The van der Waals surface area contributed by atoms with Crippen LogP contribution < -0.4 is 0 Å². The Bertz CT molecular complexity index is 696. The summed E-state index contributed by atoms with van der Waals surface area (Å²) in [5.74, 6) is 0. The van der Waals surface area contributed by atoms with Gasteiger partial charge in [-0.2, -0.15) is 0 Å². The number of ether oxygens (including phenoxy) is 2. The van der Waals surface area contributed by atoms with Crippen molar-refractivity contribution in [2.45, 2.75) is 25.3 Å². The lowest BCUT2D eigenvalue weighted by Crippen LogP contribution is -2.67. The molecule has 2 atom stereocenters. The average Bonchev–Trinajstić information content (AvgIpc) is 3.64. The molecule has 0 unspecified atom stereocenters. The van der Waals surface area contributed by atoms with E-state index in [0.717, 1.165) is 26.3 Å². The summed E-state index contributed by atoms with van der Waals surface area (Å²) in [7, 11) is 0. The Labute approximate surface area is 168 Å². The molecule has 0 spiro atoms. The Kier molecular flexibility index (Phi) is 4.97. The molecule has 0 radical (unpaired) electrons. The third kappa shape index (κ3) is 4.47. The molecule has 4 nitrogen and oxygen atoms in total. The first-order valence-corrected chi connectivity index (χ1v) is 10.7. The van der Waals surface area contributed by atoms with Crippen molar-refractivity contribution in [3.05, 3.63) is 71.8 Å². The Morgan fingerprint density at radius 2 is 0.964 bits per heavy atom. The molecule has 4 heteroatoms. The number of nitrogens with zero attached hydrogens (tertiary/aromatic N) is 2. The highest BCUT2D eigenvalue weighted by Gasteiger charge is 2.47. The van der Waals surface area contributed by atoms with Gasteiger partial charge in [0.05, 0.1) is 13.2 Å². The molecule has 0 bridgehead atoms.